The smallest absolute Gasteiger partial charge is 0.131 e. The zero-order chi connectivity index (χ0) is 21.4. The monoisotopic (exact) mass is 406 g/mol. The maximum absolute atomic E-state index is 10.1. The molecule has 5 N–H and O–H groups in total. The molecule has 170 valence electrons. The van der Waals surface area contributed by atoms with E-state index in [1.54, 1.807) is 0 Å². The molecule has 6 heteroatoms. The molecule has 0 aromatic carbocycles. The predicted octanol–water partition coefficient (Wildman–Crippen LogP) is 2.20. The van der Waals surface area contributed by atoms with E-state index in [9.17, 15) is 20.4 Å². The summed E-state index contributed by atoms with van der Waals surface area (Å²) in [5.74, 6) is 0. The van der Waals surface area contributed by atoms with Crippen LogP contribution < -0.4 is 0 Å². The minimum Gasteiger partial charge on any atom is -0.394 e. The van der Waals surface area contributed by atoms with Crippen LogP contribution in [0.4, 0.5) is 0 Å². The van der Waals surface area contributed by atoms with Gasteiger partial charge >= 0.3 is 0 Å². The van der Waals surface area contributed by atoms with E-state index in [1.807, 2.05) is 14.1 Å². The largest absolute Gasteiger partial charge is 0.394 e. The van der Waals surface area contributed by atoms with Crippen molar-refractivity contribution in [3.63, 3.8) is 0 Å². The van der Waals surface area contributed by atoms with Gasteiger partial charge in [-0.3, -0.25) is 0 Å². The van der Waals surface area contributed by atoms with Crippen LogP contribution in [0.2, 0.25) is 0 Å². The van der Waals surface area contributed by atoms with Crippen molar-refractivity contribution >= 4 is 0 Å². The standard InChI is InChI=1S/C22H48NO5/c1-4-5-6-7-8-9-10-11-12-13-14-15-16-23(2,3)17-19(25)21(27)22(28)20(26)18-24/h19-22,24-28H,4-18H2,1-3H3/q+1/t19-,20-,21-,22+/m0/s1. The first-order chi connectivity index (χ1) is 13.2. The first-order valence-electron chi connectivity index (χ1n) is 11.4. The van der Waals surface area contributed by atoms with Gasteiger partial charge in [0, 0.05) is 0 Å². The van der Waals surface area contributed by atoms with Gasteiger partial charge in [-0.25, -0.2) is 0 Å². The molecule has 0 unspecified atom stereocenters. The van der Waals surface area contributed by atoms with Gasteiger partial charge in [0.05, 0.1) is 27.2 Å². The zero-order valence-corrected chi connectivity index (χ0v) is 18.6. The van der Waals surface area contributed by atoms with Crippen molar-refractivity contribution in [2.45, 2.75) is 108 Å². The van der Waals surface area contributed by atoms with Crippen molar-refractivity contribution in [2.75, 3.05) is 33.8 Å². The number of likely N-dealkylation sites (N-methyl/N-ethyl adjacent to an activating group) is 1. The van der Waals surface area contributed by atoms with Crippen molar-refractivity contribution in [1.82, 2.24) is 0 Å². The van der Waals surface area contributed by atoms with E-state index in [0.29, 0.717) is 4.48 Å². The number of aliphatic hydroxyl groups excluding tert-OH is 5. The summed E-state index contributed by atoms with van der Waals surface area (Å²) in [7, 11) is 3.98. The molecule has 0 saturated carbocycles. The van der Waals surface area contributed by atoms with Gasteiger partial charge in [0.25, 0.3) is 0 Å². The normalized spacial score (nSPS) is 16.7. The van der Waals surface area contributed by atoms with Gasteiger partial charge in [-0.1, -0.05) is 71.1 Å². The molecule has 0 aliphatic carbocycles. The summed E-state index contributed by atoms with van der Waals surface area (Å²) >= 11 is 0. The van der Waals surface area contributed by atoms with Crippen molar-refractivity contribution in [3.8, 4) is 0 Å². The molecule has 0 bridgehead atoms. The molecule has 0 rings (SSSR count). The van der Waals surface area contributed by atoms with Gasteiger partial charge in [0.1, 0.15) is 31.0 Å². The van der Waals surface area contributed by atoms with Gasteiger partial charge in [-0.05, 0) is 12.8 Å². The van der Waals surface area contributed by atoms with E-state index in [-0.39, 0.29) is 6.54 Å². The second kappa shape index (κ2) is 16.5. The summed E-state index contributed by atoms with van der Waals surface area (Å²) in [6, 6.07) is 0. The van der Waals surface area contributed by atoms with Crippen LogP contribution >= 0.6 is 0 Å². The minimum atomic E-state index is -1.55. The molecule has 0 aliphatic rings. The lowest BCUT2D eigenvalue weighted by molar-refractivity contribution is -0.894. The highest BCUT2D eigenvalue weighted by Crippen LogP contribution is 2.14. The van der Waals surface area contributed by atoms with E-state index in [2.05, 4.69) is 6.92 Å². The Morgan fingerprint density at radius 2 is 1.00 bits per heavy atom. The summed E-state index contributed by atoms with van der Waals surface area (Å²) in [6.45, 7) is 2.77. The zero-order valence-electron chi connectivity index (χ0n) is 18.6. The molecule has 0 amide bonds. The maximum atomic E-state index is 10.1. The highest BCUT2D eigenvalue weighted by atomic mass is 16.4. The van der Waals surface area contributed by atoms with Crippen LogP contribution in [-0.2, 0) is 0 Å². The molecular formula is C22H48NO5+. The third kappa shape index (κ3) is 13.9. The van der Waals surface area contributed by atoms with Crippen molar-refractivity contribution in [2.24, 2.45) is 0 Å². The maximum Gasteiger partial charge on any atom is 0.131 e. The Balaban J connectivity index is 3.76. The molecule has 0 fully saturated rings. The molecule has 0 aromatic rings. The van der Waals surface area contributed by atoms with Gasteiger partial charge in [-0.2, -0.15) is 0 Å². The van der Waals surface area contributed by atoms with E-state index >= 15 is 0 Å². The number of unbranched alkanes of at least 4 members (excludes halogenated alkanes) is 11. The Kier molecular flexibility index (Phi) is 16.4. The highest BCUT2D eigenvalue weighted by Gasteiger charge is 2.33. The van der Waals surface area contributed by atoms with Crippen LogP contribution in [0.25, 0.3) is 0 Å². The Hall–Kier alpha value is -0.240. The lowest BCUT2D eigenvalue weighted by Gasteiger charge is -2.34. The molecule has 0 aliphatic heterocycles. The fourth-order valence-electron chi connectivity index (χ4n) is 3.65. The molecule has 0 heterocycles. The van der Waals surface area contributed by atoms with Gasteiger partial charge in [-0.15, -0.1) is 0 Å². The number of rotatable bonds is 19. The summed E-state index contributed by atoms with van der Waals surface area (Å²) in [4.78, 5) is 0. The average molecular weight is 407 g/mol. The van der Waals surface area contributed by atoms with Crippen LogP contribution in [0.3, 0.4) is 0 Å². The predicted molar refractivity (Wildman–Crippen MR) is 114 cm³/mol. The first-order valence-corrected chi connectivity index (χ1v) is 11.4. The van der Waals surface area contributed by atoms with E-state index in [1.165, 1.54) is 70.6 Å². The Labute approximate surface area is 172 Å². The van der Waals surface area contributed by atoms with E-state index in [4.69, 9.17) is 5.11 Å². The van der Waals surface area contributed by atoms with Crippen LogP contribution in [0.15, 0.2) is 0 Å². The molecule has 0 radical (unpaired) electrons. The second-order valence-electron chi connectivity index (χ2n) is 9.03. The fraction of sp³-hybridized carbons (Fsp3) is 1.00. The van der Waals surface area contributed by atoms with Crippen molar-refractivity contribution in [1.29, 1.82) is 0 Å². The quantitative estimate of drug-likeness (QED) is 0.167. The Morgan fingerprint density at radius 1 is 0.607 bits per heavy atom. The topological polar surface area (TPSA) is 101 Å². The first kappa shape index (κ1) is 27.8. The number of hydrogen-bond donors (Lipinski definition) is 5. The number of nitrogens with zero attached hydrogens (tertiary/aromatic N) is 1. The Bertz CT molecular complexity index is 354. The van der Waals surface area contributed by atoms with Crippen LogP contribution in [-0.4, -0.2) is 88.2 Å². The minimum absolute atomic E-state index is 0.286. The highest BCUT2D eigenvalue weighted by molar-refractivity contribution is 4.80. The molecule has 28 heavy (non-hydrogen) atoms. The van der Waals surface area contributed by atoms with E-state index < -0.39 is 31.0 Å². The fourth-order valence-corrected chi connectivity index (χ4v) is 3.65. The van der Waals surface area contributed by atoms with Crippen molar-refractivity contribution in [3.05, 3.63) is 0 Å². The van der Waals surface area contributed by atoms with Gasteiger partial charge in [0.2, 0.25) is 0 Å². The van der Waals surface area contributed by atoms with E-state index in [0.717, 1.165) is 13.0 Å². The molecule has 6 nitrogen and oxygen atoms in total. The van der Waals surface area contributed by atoms with Crippen LogP contribution in [0.1, 0.15) is 84.0 Å². The molecule has 4 atom stereocenters. The summed E-state index contributed by atoms with van der Waals surface area (Å²) in [5, 5.41) is 48.0. The second-order valence-corrected chi connectivity index (χ2v) is 9.03. The molecule has 0 saturated heterocycles. The van der Waals surface area contributed by atoms with Crippen LogP contribution in [0, 0.1) is 0 Å². The third-order valence-corrected chi connectivity index (χ3v) is 5.62. The van der Waals surface area contributed by atoms with Crippen molar-refractivity contribution < 1.29 is 30.0 Å². The number of quaternary nitrogens is 1. The average Bonchev–Trinajstić information content (AvgIpc) is 2.66. The lowest BCUT2D eigenvalue weighted by Crippen LogP contribution is -2.54. The summed E-state index contributed by atoms with van der Waals surface area (Å²) in [6.07, 6.45) is 10.0. The molecule has 0 spiro atoms. The van der Waals surface area contributed by atoms with Gasteiger partial charge < -0.3 is 30.0 Å². The molecular weight excluding hydrogens is 358 g/mol. The third-order valence-electron chi connectivity index (χ3n) is 5.62. The number of hydrogen-bond acceptors (Lipinski definition) is 5. The summed E-state index contributed by atoms with van der Waals surface area (Å²) < 4.78 is 0.540. The van der Waals surface area contributed by atoms with Crippen LogP contribution in [0.5, 0.6) is 0 Å². The SMILES string of the molecule is CCCCCCCCCCCCCC[N+](C)(C)C[C@H](O)[C@H](O)[C@H](O)[C@@H](O)CO. The Morgan fingerprint density at radius 3 is 1.43 bits per heavy atom. The lowest BCUT2D eigenvalue weighted by atomic mass is 10.0. The van der Waals surface area contributed by atoms with Gasteiger partial charge in [0.15, 0.2) is 0 Å². The number of aliphatic hydroxyl groups is 5. The molecule has 0 aromatic heterocycles. The summed E-state index contributed by atoms with van der Waals surface area (Å²) in [5.41, 5.74) is 0.